The number of non-ortho nitro benzene ring substituents is 1. The molecule has 0 saturated heterocycles. The molecule has 1 atom stereocenters. The summed E-state index contributed by atoms with van der Waals surface area (Å²) in [6.07, 6.45) is -1.23. The summed E-state index contributed by atoms with van der Waals surface area (Å²) in [6.45, 7) is -0.123. The van der Waals surface area contributed by atoms with Crippen LogP contribution in [0.15, 0.2) is 54.6 Å². The number of alkyl halides is 1. The summed E-state index contributed by atoms with van der Waals surface area (Å²) in [5.74, 6) is 0.407. The van der Waals surface area contributed by atoms with Crippen LogP contribution in [0.5, 0.6) is 5.75 Å². The molecule has 98 valence electrons. The lowest BCUT2D eigenvalue weighted by molar-refractivity contribution is -0.384. The van der Waals surface area contributed by atoms with Crippen molar-refractivity contribution in [2.24, 2.45) is 0 Å². The van der Waals surface area contributed by atoms with Gasteiger partial charge in [0.15, 0.2) is 6.17 Å². The molecule has 2 aromatic rings. The first-order valence-electron chi connectivity index (χ1n) is 5.73. The molecular weight excluding hydrogens is 249 g/mol. The highest BCUT2D eigenvalue weighted by Gasteiger charge is 2.10. The third-order valence-electron chi connectivity index (χ3n) is 2.61. The molecule has 5 heteroatoms. The first-order valence-corrected chi connectivity index (χ1v) is 5.73. The molecule has 0 aliphatic rings. The number of nitro groups is 1. The monoisotopic (exact) mass is 261 g/mol. The molecule has 0 unspecified atom stereocenters. The number of ether oxygens (including phenoxy) is 1. The molecule has 0 aliphatic carbocycles. The van der Waals surface area contributed by atoms with Crippen LogP contribution in [0.1, 0.15) is 11.7 Å². The normalized spacial score (nSPS) is 11.8. The molecule has 0 heterocycles. The maximum absolute atomic E-state index is 13.8. The molecule has 2 aromatic carbocycles. The van der Waals surface area contributed by atoms with Crippen molar-refractivity contribution in [3.05, 3.63) is 70.3 Å². The zero-order chi connectivity index (χ0) is 13.7. The highest BCUT2D eigenvalue weighted by molar-refractivity contribution is 5.36. The van der Waals surface area contributed by atoms with Gasteiger partial charge in [0.2, 0.25) is 0 Å². The van der Waals surface area contributed by atoms with Gasteiger partial charge < -0.3 is 4.74 Å². The van der Waals surface area contributed by atoms with Crippen molar-refractivity contribution in [3.63, 3.8) is 0 Å². The maximum Gasteiger partial charge on any atom is 0.269 e. The van der Waals surface area contributed by atoms with Crippen LogP contribution in [0.2, 0.25) is 0 Å². The molecule has 0 amide bonds. The standard InChI is InChI=1S/C14H12FNO3/c15-14(11-4-2-1-3-5-11)10-19-13-8-6-12(7-9-13)16(17)18/h1-9,14H,10H2/t14-/m0/s1. The maximum atomic E-state index is 13.8. The Morgan fingerprint density at radius 2 is 1.74 bits per heavy atom. The van der Waals surface area contributed by atoms with Gasteiger partial charge in [-0.1, -0.05) is 30.3 Å². The number of halogens is 1. The molecular formula is C14H12FNO3. The van der Waals surface area contributed by atoms with Crippen LogP contribution in [0.3, 0.4) is 0 Å². The first kappa shape index (κ1) is 13.0. The molecule has 2 rings (SSSR count). The summed E-state index contributed by atoms with van der Waals surface area (Å²) < 4.78 is 19.1. The average molecular weight is 261 g/mol. The Hall–Kier alpha value is -2.43. The topological polar surface area (TPSA) is 52.4 Å². The Balaban J connectivity index is 1.93. The number of hydrogen-bond acceptors (Lipinski definition) is 3. The molecule has 0 fully saturated rings. The predicted molar refractivity (Wildman–Crippen MR) is 68.9 cm³/mol. The van der Waals surface area contributed by atoms with Crippen molar-refractivity contribution in [1.29, 1.82) is 0 Å². The summed E-state index contributed by atoms with van der Waals surface area (Å²) in [6, 6.07) is 14.3. The number of nitro benzene ring substituents is 1. The second-order valence-corrected chi connectivity index (χ2v) is 3.94. The van der Waals surface area contributed by atoms with Crippen LogP contribution in [0, 0.1) is 10.1 Å². The van der Waals surface area contributed by atoms with Crippen molar-refractivity contribution in [1.82, 2.24) is 0 Å². The van der Waals surface area contributed by atoms with Gasteiger partial charge in [-0.25, -0.2) is 4.39 Å². The SMILES string of the molecule is O=[N+]([O-])c1ccc(OC[C@H](F)c2ccccc2)cc1. The largest absolute Gasteiger partial charge is 0.490 e. The van der Waals surface area contributed by atoms with E-state index in [-0.39, 0.29) is 12.3 Å². The smallest absolute Gasteiger partial charge is 0.269 e. The van der Waals surface area contributed by atoms with Crippen LogP contribution in [-0.4, -0.2) is 11.5 Å². The third-order valence-corrected chi connectivity index (χ3v) is 2.61. The summed E-state index contributed by atoms with van der Waals surface area (Å²) >= 11 is 0. The van der Waals surface area contributed by atoms with Crippen molar-refractivity contribution in [2.45, 2.75) is 6.17 Å². The second kappa shape index (κ2) is 5.95. The van der Waals surface area contributed by atoms with Gasteiger partial charge in [0.25, 0.3) is 5.69 Å². The quantitative estimate of drug-likeness (QED) is 0.609. The Labute approximate surface area is 109 Å². The van der Waals surface area contributed by atoms with Crippen molar-refractivity contribution in [2.75, 3.05) is 6.61 Å². The zero-order valence-corrected chi connectivity index (χ0v) is 10.0. The number of benzene rings is 2. The van der Waals surface area contributed by atoms with Gasteiger partial charge in [-0.15, -0.1) is 0 Å². The van der Waals surface area contributed by atoms with Crippen molar-refractivity contribution < 1.29 is 14.1 Å². The van der Waals surface area contributed by atoms with Crippen LogP contribution >= 0.6 is 0 Å². The van der Waals surface area contributed by atoms with Gasteiger partial charge in [0.05, 0.1) is 4.92 Å². The molecule has 0 N–H and O–H groups in total. The predicted octanol–water partition coefficient (Wildman–Crippen LogP) is 3.68. The summed E-state index contributed by atoms with van der Waals surface area (Å²) in [5, 5.41) is 10.5. The van der Waals surface area contributed by atoms with Crippen molar-refractivity contribution >= 4 is 5.69 Å². The lowest BCUT2D eigenvalue weighted by Crippen LogP contribution is -2.05. The molecule has 0 aromatic heterocycles. The highest BCUT2D eigenvalue weighted by atomic mass is 19.1. The third kappa shape index (κ3) is 3.51. The van der Waals surface area contributed by atoms with E-state index in [4.69, 9.17) is 4.74 Å². The Kier molecular flexibility index (Phi) is 4.07. The fourth-order valence-corrected chi connectivity index (χ4v) is 1.59. The van der Waals surface area contributed by atoms with Gasteiger partial charge in [-0.2, -0.15) is 0 Å². The number of nitrogens with zero attached hydrogens (tertiary/aromatic N) is 1. The Bertz CT molecular complexity index is 542. The molecule has 0 bridgehead atoms. The highest BCUT2D eigenvalue weighted by Crippen LogP contribution is 2.21. The van der Waals surface area contributed by atoms with Crippen molar-refractivity contribution in [3.8, 4) is 5.75 Å². The lowest BCUT2D eigenvalue weighted by Gasteiger charge is -2.10. The fraction of sp³-hybridized carbons (Fsp3) is 0.143. The summed E-state index contributed by atoms with van der Waals surface area (Å²) in [5.41, 5.74) is 0.525. The van der Waals surface area contributed by atoms with Gasteiger partial charge in [-0.05, 0) is 17.7 Å². The van der Waals surface area contributed by atoms with Crippen LogP contribution in [-0.2, 0) is 0 Å². The Morgan fingerprint density at radius 1 is 1.11 bits per heavy atom. The fourth-order valence-electron chi connectivity index (χ4n) is 1.59. The molecule has 0 saturated carbocycles. The van der Waals surface area contributed by atoms with E-state index in [2.05, 4.69) is 0 Å². The minimum atomic E-state index is -1.23. The van der Waals surface area contributed by atoms with Gasteiger partial charge in [-0.3, -0.25) is 10.1 Å². The summed E-state index contributed by atoms with van der Waals surface area (Å²) in [4.78, 5) is 9.97. The molecule has 0 radical (unpaired) electrons. The minimum absolute atomic E-state index is 0.0211. The van der Waals surface area contributed by atoms with Crippen LogP contribution < -0.4 is 4.74 Å². The number of rotatable bonds is 5. The first-order chi connectivity index (χ1) is 9.16. The van der Waals surface area contributed by atoms with Gasteiger partial charge in [0, 0.05) is 12.1 Å². The lowest BCUT2D eigenvalue weighted by atomic mass is 10.1. The average Bonchev–Trinajstić information content (AvgIpc) is 2.46. The van der Waals surface area contributed by atoms with E-state index in [1.807, 2.05) is 6.07 Å². The van der Waals surface area contributed by atoms with E-state index in [1.54, 1.807) is 24.3 Å². The van der Waals surface area contributed by atoms with E-state index < -0.39 is 11.1 Å². The number of hydrogen-bond donors (Lipinski definition) is 0. The van der Waals surface area contributed by atoms with E-state index in [9.17, 15) is 14.5 Å². The Morgan fingerprint density at radius 3 is 2.32 bits per heavy atom. The zero-order valence-electron chi connectivity index (χ0n) is 10.0. The van der Waals surface area contributed by atoms with Crippen LogP contribution in [0.4, 0.5) is 10.1 Å². The molecule has 4 nitrogen and oxygen atoms in total. The molecule has 0 aliphatic heterocycles. The molecule has 0 spiro atoms. The second-order valence-electron chi connectivity index (χ2n) is 3.94. The van der Waals surface area contributed by atoms with Gasteiger partial charge >= 0.3 is 0 Å². The van der Waals surface area contributed by atoms with E-state index >= 15 is 0 Å². The van der Waals surface area contributed by atoms with E-state index in [1.165, 1.54) is 24.3 Å². The van der Waals surface area contributed by atoms with E-state index in [0.29, 0.717) is 11.3 Å². The minimum Gasteiger partial charge on any atom is -0.490 e. The van der Waals surface area contributed by atoms with Gasteiger partial charge in [0.1, 0.15) is 12.4 Å². The molecule has 19 heavy (non-hydrogen) atoms. The van der Waals surface area contributed by atoms with E-state index in [0.717, 1.165) is 0 Å². The summed E-state index contributed by atoms with van der Waals surface area (Å²) in [7, 11) is 0. The van der Waals surface area contributed by atoms with Crippen LogP contribution in [0.25, 0.3) is 0 Å².